The van der Waals surface area contributed by atoms with Gasteiger partial charge in [-0.1, -0.05) is 18.6 Å². The zero-order valence-electron chi connectivity index (χ0n) is 16.4. The number of nitro groups is 2. The third-order valence-electron chi connectivity index (χ3n) is 4.73. The van der Waals surface area contributed by atoms with Gasteiger partial charge in [0.05, 0.1) is 15.9 Å². The number of ketones is 1. The minimum Gasteiger partial charge on any atom is -0.423 e. The van der Waals surface area contributed by atoms with E-state index in [-0.39, 0.29) is 22.8 Å². The summed E-state index contributed by atoms with van der Waals surface area (Å²) in [5.41, 5.74) is -0.119. The zero-order valence-corrected chi connectivity index (χ0v) is 16.4. The first kappa shape index (κ1) is 21.6. The van der Waals surface area contributed by atoms with Gasteiger partial charge in [-0.25, -0.2) is 4.79 Å². The SMILES string of the molecule is O=C(CCCCCNc1ccc([N+](=O)[O-])cc1[N+](=O)[O-])c1ccc2ccc(=O)oc2c1. The van der Waals surface area contributed by atoms with Crippen molar-refractivity contribution in [1.82, 2.24) is 0 Å². The highest BCUT2D eigenvalue weighted by atomic mass is 16.6. The number of carbonyl (C=O) groups is 1. The van der Waals surface area contributed by atoms with Gasteiger partial charge in [0.1, 0.15) is 11.3 Å². The average Bonchev–Trinajstić information content (AvgIpc) is 2.75. The van der Waals surface area contributed by atoms with Crippen LogP contribution < -0.4 is 10.9 Å². The molecule has 160 valence electrons. The second-order valence-electron chi connectivity index (χ2n) is 6.88. The normalized spacial score (nSPS) is 10.7. The van der Waals surface area contributed by atoms with Gasteiger partial charge in [0.15, 0.2) is 5.78 Å². The molecule has 0 saturated heterocycles. The number of nitrogens with zero attached hydrogens (tertiary/aromatic N) is 2. The summed E-state index contributed by atoms with van der Waals surface area (Å²) in [6, 6.07) is 11.4. The van der Waals surface area contributed by atoms with E-state index in [0.717, 1.165) is 11.5 Å². The molecule has 3 aromatic rings. The van der Waals surface area contributed by atoms with Gasteiger partial charge >= 0.3 is 5.63 Å². The fourth-order valence-corrected chi connectivity index (χ4v) is 3.12. The van der Waals surface area contributed by atoms with Crippen LogP contribution in [0.25, 0.3) is 11.0 Å². The molecule has 0 bridgehead atoms. The predicted octanol–water partition coefficient (Wildman–Crippen LogP) is 4.46. The molecule has 0 aliphatic heterocycles. The number of nitro benzene ring substituents is 2. The number of unbranched alkanes of at least 4 members (excludes halogenated alkanes) is 2. The molecule has 0 fully saturated rings. The molecule has 2 aromatic carbocycles. The van der Waals surface area contributed by atoms with Crippen molar-refractivity contribution in [3.8, 4) is 0 Å². The Morgan fingerprint density at radius 1 is 0.935 bits per heavy atom. The summed E-state index contributed by atoms with van der Waals surface area (Å²) >= 11 is 0. The summed E-state index contributed by atoms with van der Waals surface area (Å²) in [6.45, 7) is 0.425. The Hall–Kier alpha value is -4.08. The Morgan fingerprint density at radius 2 is 1.71 bits per heavy atom. The number of anilines is 1. The van der Waals surface area contributed by atoms with Crippen molar-refractivity contribution < 1.29 is 19.1 Å². The van der Waals surface area contributed by atoms with Gasteiger partial charge in [0.25, 0.3) is 11.4 Å². The van der Waals surface area contributed by atoms with Crippen LogP contribution in [0.15, 0.2) is 57.7 Å². The largest absolute Gasteiger partial charge is 0.423 e. The summed E-state index contributed by atoms with van der Waals surface area (Å²) in [5.74, 6) is -0.0626. The zero-order chi connectivity index (χ0) is 22.4. The number of non-ortho nitro benzene ring substituents is 1. The molecule has 0 aliphatic rings. The van der Waals surface area contributed by atoms with Crippen LogP contribution >= 0.6 is 0 Å². The standard InChI is InChI=1S/C21H19N3O7/c25-19(15-6-5-14-7-10-21(26)31-20(14)12-15)4-2-1-3-11-22-17-9-8-16(23(27)28)13-18(17)24(29)30/h5-10,12-13,22H,1-4,11H2. The number of benzene rings is 2. The van der Waals surface area contributed by atoms with Crippen LogP contribution in [0.4, 0.5) is 17.1 Å². The average molecular weight is 425 g/mol. The lowest BCUT2D eigenvalue weighted by Gasteiger charge is -2.07. The molecular formula is C21H19N3O7. The maximum absolute atomic E-state index is 12.4. The Labute approximate surface area is 175 Å². The van der Waals surface area contributed by atoms with Gasteiger partial charge in [-0.05, 0) is 31.0 Å². The molecule has 0 atom stereocenters. The van der Waals surface area contributed by atoms with Crippen molar-refractivity contribution in [2.24, 2.45) is 0 Å². The van der Waals surface area contributed by atoms with Gasteiger partial charge in [0.2, 0.25) is 0 Å². The Morgan fingerprint density at radius 3 is 2.45 bits per heavy atom. The molecule has 0 saturated carbocycles. The van der Waals surface area contributed by atoms with Crippen LogP contribution in [0.3, 0.4) is 0 Å². The van der Waals surface area contributed by atoms with Crippen molar-refractivity contribution >= 4 is 33.8 Å². The van der Waals surface area contributed by atoms with Crippen molar-refractivity contribution in [1.29, 1.82) is 0 Å². The first-order valence-electron chi connectivity index (χ1n) is 9.59. The van der Waals surface area contributed by atoms with E-state index in [4.69, 9.17) is 4.42 Å². The van der Waals surface area contributed by atoms with E-state index < -0.39 is 15.5 Å². The molecule has 10 nitrogen and oxygen atoms in total. The fraction of sp³-hybridized carbons (Fsp3) is 0.238. The Balaban J connectivity index is 1.47. The van der Waals surface area contributed by atoms with Gasteiger partial charge < -0.3 is 9.73 Å². The van der Waals surface area contributed by atoms with E-state index in [1.54, 1.807) is 24.3 Å². The lowest BCUT2D eigenvalue weighted by atomic mass is 10.0. The Bertz CT molecular complexity index is 1200. The molecule has 3 rings (SSSR count). The number of fused-ring (bicyclic) bond motifs is 1. The van der Waals surface area contributed by atoms with Gasteiger partial charge in [-0.3, -0.25) is 25.0 Å². The van der Waals surface area contributed by atoms with Gasteiger partial charge in [-0.15, -0.1) is 0 Å². The first-order valence-corrected chi connectivity index (χ1v) is 9.59. The molecule has 1 N–H and O–H groups in total. The predicted molar refractivity (Wildman–Crippen MR) is 114 cm³/mol. The van der Waals surface area contributed by atoms with Crippen LogP contribution in [0.1, 0.15) is 36.0 Å². The van der Waals surface area contributed by atoms with E-state index in [1.807, 2.05) is 0 Å². The van der Waals surface area contributed by atoms with Crippen LogP contribution in [0.5, 0.6) is 0 Å². The smallest absolute Gasteiger partial charge is 0.336 e. The first-order chi connectivity index (χ1) is 14.8. The number of nitrogens with one attached hydrogen (secondary N) is 1. The number of hydrogen-bond donors (Lipinski definition) is 1. The maximum atomic E-state index is 12.4. The summed E-state index contributed by atoms with van der Waals surface area (Å²) in [4.78, 5) is 44.2. The van der Waals surface area contributed by atoms with Crippen molar-refractivity contribution in [2.45, 2.75) is 25.7 Å². The molecule has 1 aromatic heterocycles. The maximum Gasteiger partial charge on any atom is 0.336 e. The third-order valence-corrected chi connectivity index (χ3v) is 4.73. The molecule has 0 radical (unpaired) electrons. The van der Waals surface area contributed by atoms with Gasteiger partial charge in [-0.2, -0.15) is 0 Å². The highest BCUT2D eigenvalue weighted by Crippen LogP contribution is 2.29. The van der Waals surface area contributed by atoms with Crippen molar-refractivity contribution in [3.05, 3.63) is 84.7 Å². The van der Waals surface area contributed by atoms with E-state index in [1.165, 1.54) is 18.2 Å². The van der Waals surface area contributed by atoms with E-state index in [2.05, 4.69) is 5.32 Å². The second-order valence-corrected chi connectivity index (χ2v) is 6.88. The molecule has 0 amide bonds. The molecule has 10 heteroatoms. The molecule has 0 unspecified atom stereocenters. The highest BCUT2D eigenvalue weighted by Gasteiger charge is 2.19. The summed E-state index contributed by atoms with van der Waals surface area (Å²) in [7, 11) is 0. The minimum atomic E-state index is -0.683. The number of rotatable bonds is 10. The number of carbonyl (C=O) groups excluding carboxylic acids is 1. The van der Waals surface area contributed by atoms with E-state index in [9.17, 15) is 29.8 Å². The summed E-state index contributed by atoms with van der Waals surface area (Å²) in [5, 5.41) is 25.5. The number of Topliss-reactive ketones (excluding diaryl/α,β-unsaturated/α-hetero) is 1. The lowest BCUT2D eigenvalue weighted by Crippen LogP contribution is -2.05. The number of hydrogen-bond acceptors (Lipinski definition) is 8. The van der Waals surface area contributed by atoms with Gasteiger partial charge in [0, 0.05) is 36.0 Å². The van der Waals surface area contributed by atoms with Crippen molar-refractivity contribution in [3.63, 3.8) is 0 Å². The molecule has 0 aliphatic carbocycles. The molecule has 31 heavy (non-hydrogen) atoms. The highest BCUT2D eigenvalue weighted by molar-refractivity contribution is 5.98. The van der Waals surface area contributed by atoms with Crippen LogP contribution in [-0.2, 0) is 0 Å². The summed E-state index contributed by atoms with van der Waals surface area (Å²) in [6.07, 6.45) is 2.32. The van der Waals surface area contributed by atoms with Crippen LogP contribution in [0.2, 0.25) is 0 Å². The lowest BCUT2D eigenvalue weighted by molar-refractivity contribution is -0.393. The van der Waals surface area contributed by atoms with E-state index in [0.29, 0.717) is 43.4 Å². The summed E-state index contributed by atoms with van der Waals surface area (Å²) < 4.78 is 5.10. The topological polar surface area (TPSA) is 146 Å². The quantitative estimate of drug-likeness (QED) is 0.165. The van der Waals surface area contributed by atoms with Crippen molar-refractivity contribution in [2.75, 3.05) is 11.9 Å². The molecule has 1 heterocycles. The Kier molecular flexibility index (Phi) is 6.71. The fourth-order valence-electron chi connectivity index (χ4n) is 3.12. The molecule has 0 spiro atoms. The van der Waals surface area contributed by atoms with Crippen LogP contribution in [-0.4, -0.2) is 22.2 Å². The second kappa shape index (κ2) is 9.61. The third kappa shape index (κ3) is 5.50. The monoisotopic (exact) mass is 425 g/mol. The van der Waals surface area contributed by atoms with Crippen LogP contribution in [0, 0.1) is 20.2 Å². The van der Waals surface area contributed by atoms with E-state index >= 15 is 0 Å². The molecular weight excluding hydrogens is 406 g/mol. The minimum absolute atomic E-state index is 0.0626.